The van der Waals surface area contributed by atoms with E-state index in [1.807, 2.05) is 105 Å². The van der Waals surface area contributed by atoms with Gasteiger partial charge in [0.05, 0.1) is 63.3 Å². The molecule has 9 aliphatic rings. The maximum absolute atomic E-state index is 13.0. The first kappa shape index (κ1) is 107. The topological polar surface area (TPSA) is 417 Å². The van der Waals surface area contributed by atoms with Crippen LogP contribution in [0.25, 0.3) is 81.0 Å². The number of likely N-dealkylation sites (tertiary alicyclic amines) is 2. The number of hydrogen-bond acceptors (Lipinski definition) is 21. The van der Waals surface area contributed by atoms with Gasteiger partial charge in [-0.3, -0.25) is 19.3 Å². The summed E-state index contributed by atoms with van der Waals surface area (Å²) in [4.78, 5) is 49.7. The predicted molar refractivity (Wildman–Crippen MR) is 524 cm³/mol. The lowest BCUT2D eigenvalue weighted by atomic mass is 9.89. The number of rotatable bonds is 24. The van der Waals surface area contributed by atoms with E-state index in [9.17, 15) is 67.0 Å². The predicted octanol–water partition coefficient (Wildman–Crippen LogP) is 13.2. The quantitative estimate of drug-likeness (QED) is 0.0245. The minimum absolute atomic E-state index is 0.0826. The average Bonchev–Trinajstić information content (AvgIpc) is 1.71. The lowest BCUT2D eigenvalue weighted by Crippen LogP contribution is -2.66. The lowest BCUT2D eigenvalue weighted by Gasteiger charge is -2.48. The van der Waals surface area contributed by atoms with Crippen LogP contribution in [-0.4, -0.2) is 303 Å². The number of H-pyrrole nitrogens is 2. The zero-order valence-corrected chi connectivity index (χ0v) is 85.4. The van der Waals surface area contributed by atoms with Gasteiger partial charge < -0.3 is 38.1 Å². The van der Waals surface area contributed by atoms with Crippen LogP contribution in [0.1, 0.15) is 85.0 Å². The molecule has 9 aliphatic heterocycles. The molecule has 2 N–H and O–H groups in total. The normalized spacial score (nSPS) is 18.2. The maximum Gasteiger partial charge on any atom is 0.471 e. The summed E-state index contributed by atoms with van der Waals surface area (Å²) < 4.78 is 167. The molecular weight excluding hydrogens is 1930 g/mol. The lowest BCUT2D eigenvalue weighted by molar-refractivity contribution is -0.186. The van der Waals surface area contributed by atoms with Crippen molar-refractivity contribution in [3.8, 4) is 45.5 Å². The third-order valence-corrected chi connectivity index (χ3v) is 35.1. The van der Waals surface area contributed by atoms with Gasteiger partial charge in [-0.05, 0) is 154 Å². The number of pyridine rings is 3. The molecule has 0 saturated carbocycles. The summed E-state index contributed by atoms with van der Waals surface area (Å²) in [6.07, 6.45) is 29.0. The van der Waals surface area contributed by atoms with Crippen molar-refractivity contribution in [3.63, 3.8) is 0 Å². The fourth-order valence-electron chi connectivity index (χ4n) is 16.5. The Bertz CT molecular complexity index is 6590. The van der Waals surface area contributed by atoms with E-state index >= 15 is 0 Å². The summed E-state index contributed by atoms with van der Waals surface area (Å²) in [5.74, 6) is -1.84. The molecule has 2 amide bonds. The smallest absolute Gasteiger partial charge is 0.444 e. The Kier molecular flexibility index (Phi) is 35.2. The van der Waals surface area contributed by atoms with E-state index < -0.39 is 84.8 Å². The Morgan fingerprint density at radius 1 is 0.525 bits per heavy atom. The molecule has 0 bridgehead atoms. The van der Waals surface area contributed by atoms with E-state index in [1.54, 1.807) is 43.4 Å². The highest BCUT2D eigenvalue weighted by atomic mass is 35.7. The molecule has 0 aromatic carbocycles. The molecule has 0 aliphatic carbocycles. The number of carbonyl (C=O) groups excluding carboxylic acids is 2. The van der Waals surface area contributed by atoms with Crippen molar-refractivity contribution in [2.24, 2.45) is 0 Å². The van der Waals surface area contributed by atoms with Crippen LogP contribution in [-0.2, 0) is 83.4 Å². The molecule has 9 fully saturated rings. The molecule has 18 rings (SSSR count). The van der Waals surface area contributed by atoms with Crippen molar-refractivity contribution < 1.29 is 70.6 Å². The fourth-order valence-corrected chi connectivity index (χ4v) is 24.5. The monoisotopic (exact) mass is 2050 g/mol. The molecule has 18 heterocycles. The highest BCUT2D eigenvalue weighted by molar-refractivity contribution is 8.11. The van der Waals surface area contributed by atoms with Gasteiger partial charge in [-0.25, -0.2) is 34.3 Å². The van der Waals surface area contributed by atoms with Gasteiger partial charge in [0.15, 0.2) is 18.6 Å². The number of aromatic amines is 2. The van der Waals surface area contributed by atoms with E-state index in [2.05, 4.69) is 117 Å². The van der Waals surface area contributed by atoms with E-state index in [0.717, 1.165) is 154 Å². The summed E-state index contributed by atoms with van der Waals surface area (Å²) in [5.41, 5.74) is 9.29. The van der Waals surface area contributed by atoms with Gasteiger partial charge in [0.1, 0.15) is 47.1 Å². The minimum atomic E-state index is -4.80. The van der Waals surface area contributed by atoms with Crippen molar-refractivity contribution in [2.75, 3.05) is 131 Å². The summed E-state index contributed by atoms with van der Waals surface area (Å²) >= 11 is 0. The molecule has 9 aromatic rings. The van der Waals surface area contributed by atoms with Crippen LogP contribution in [0, 0.1) is 42.4 Å². The second-order valence-electron chi connectivity index (χ2n) is 38.4. The standard InChI is InChI=1S/C25H35N7O3SSi.C19H21N7O2S.C16H22N4OSi.C10H14N2O2.C9H13N3O2S.C7H5F3N2O.C4H8ClNO2S/c1-37(2,3)15-14-35-20-29-13-7-23-22(6-10-27-24(23)29)21-16-28-32(17-21)25(8-9-26)18-31(19-25)36(33,34)30-11-4-5-12-30;20-6-5-19(13-25(14-19)29(27,28)24-9-1-2-10-24)26-12-15(11-23-26)16-3-7-21-18-17(16)4-8-22-18;1-22(2,3)9-8-21-12-20-7-5-15-14(4-6-17-16(15)20)13-10-18-19-11-13;1-10(2,3)14-9(13)12-6-8(7-12)5-11-4;1-10-6-9-7-12(8-9)15(13,14)11-4-2-3-5-11;1-11-2-5-3-12(4-5)6(13)7(8,9)10;5-9(7,8)6-3-1-2-4-6/h6-7,10,13,16-17H,4-5,8,11-12,14-15,18-20H2,1-3H3;3-4,7-8,11-12H,1-2,5,9-10,13-14H2,(H,21,22);4-7,10-11H,8-9,12H2,1-3H3,(H,18,19);5H,6-7H2,1-3H3;6H,2-5,7-8H2;2H,3-4H2;1-4H2. The molecule has 0 atom stereocenters. The first-order valence-corrected chi connectivity index (χ1v) is 59.4. The van der Waals surface area contributed by atoms with Crippen LogP contribution in [0.5, 0.6) is 0 Å². The van der Waals surface area contributed by atoms with Crippen molar-refractivity contribution in [1.29, 1.82) is 10.5 Å². The number of halogens is 4. The largest absolute Gasteiger partial charge is 0.471 e. The van der Waals surface area contributed by atoms with Crippen LogP contribution in [0.15, 0.2) is 146 Å². The van der Waals surface area contributed by atoms with E-state index in [-0.39, 0.29) is 58.2 Å². The highest BCUT2D eigenvalue weighted by Gasteiger charge is 2.54. The first-order valence-electron chi connectivity index (χ1n) is 45.6. The van der Waals surface area contributed by atoms with Crippen molar-refractivity contribution in [1.82, 2.24) is 98.8 Å². The maximum atomic E-state index is 13.0. The number of nitrogens with zero attached hydrogens (tertiary/aromatic N) is 24. The third-order valence-electron chi connectivity index (χ3n) is 24.3. The molecule has 0 unspecified atom stereocenters. The van der Waals surface area contributed by atoms with Gasteiger partial charge in [-0.2, -0.15) is 103 Å². The van der Waals surface area contributed by atoms with Crippen LogP contribution in [0.2, 0.25) is 51.4 Å². The summed E-state index contributed by atoms with van der Waals surface area (Å²) in [5, 5.41) is 38.0. The van der Waals surface area contributed by atoms with E-state index in [4.69, 9.17) is 44.6 Å². The number of ether oxygens (including phenoxy) is 3. The molecule has 9 saturated heterocycles. The number of amides is 2. The molecule has 49 heteroatoms. The minimum Gasteiger partial charge on any atom is -0.444 e. The van der Waals surface area contributed by atoms with Crippen LogP contribution in [0.4, 0.5) is 18.0 Å². The molecular formula is C90H118ClF3N26O13S4Si2. The van der Waals surface area contributed by atoms with E-state index in [0.29, 0.717) is 102 Å². The van der Waals surface area contributed by atoms with Gasteiger partial charge in [-0.15, -0.1) is 0 Å². The SMILES string of the molecule is C[Si](C)(C)CCOCn1ccc2c(-c3cn[nH]c3)ccnc21.C[Si](C)(C)CCOCn1ccc2c(-c3cnn(C4(CC#N)CN(S(=O)(=O)N5CCCC5)C4)c3)ccnc21.N#CCC1(n2cc(-c3ccnc4[nH]ccc34)cn2)CN(S(=O)(=O)N2CCCC2)C1.O=S(=O)(Cl)N1CCCC1.[C-]#[N+]C=C1CN(C(=O)C(F)(F)F)C1.[C-]#[N+]C=C1CN(C(=O)OC(C)(C)C)C1.[C-]#[N+]C=C1CN(S(=O)(=O)N2CCCC2)C1. The first-order chi connectivity index (χ1) is 65.8. The Balaban J connectivity index is 0.000000152. The summed E-state index contributed by atoms with van der Waals surface area (Å²) in [6, 6.07) is 18.8. The van der Waals surface area contributed by atoms with Gasteiger partial charge in [0, 0.05) is 246 Å². The van der Waals surface area contributed by atoms with Crippen molar-refractivity contribution in [3.05, 3.63) is 180 Å². The zero-order valence-electron chi connectivity index (χ0n) is 79.4. The second kappa shape index (κ2) is 45.8. The summed E-state index contributed by atoms with van der Waals surface area (Å²) in [6.45, 7) is 49.2. The van der Waals surface area contributed by atoms with Crippen molar-refractivity contribution in [2.45, 2.75) is 173 Å². The molecule has 0 radical (unpaired) electrons. The van der Waals surface area contributed by atoms with Crippen LogP contribution >= 0.6 is 10.7 Å². The van der Waals surface area contributed by atoms with Crippen molar-refractivity contribution >= 4 is 112 Å². The number of aromatic nitrogens is 12. The molecule has 0 spiro atoms. The number of hydrogen-bond donors (Lipinski definition) is 2. The number of nitriles is 2. The van der Waals surface area contributed by atoms with E-state index in [1.165, 1.54) is 44.3 Å². The number of fused-ring (bicyclic) bond motifs is 3. The third kappa shape index (κ3) is 27.2. The van der Waals surface area contributed by atoms with Gasteiger partial charge in [0.25, 0.3) is 39.9 Å². The average molecular weight is 2050 g/mol. The molecule has 746 valence electrons. The van der Waals surface area contributed by atoms with Gasteiger partial charge in [-0.1, -0.05) is 39.3 Å². The van der Waals surface area contributed by atoms with Gasteiger partial charge >= 0.3 is 18.2 Å². The molecule has 39 nitrogen and oxygen atoms in total. The summed E-state index contributed by atoms with van der Waals surface area (Å²) in [7, 11) is -10.7. The Labute approximate surface area is 816 Å². The highest BCUT2D eigenvalue weighted by Crippen LogP contribution is 2.41. The Morgan fingerprint density at radius 2 is 0.914 bits per heavy atom. The molecule has 9 aromatic heterocycles. The Morgan fingerprint density at radius 3 is 1.29 bits per heavy atom. The zero-order chi connectivity index (χ0) is 101. The van der Waals surface area contributed by atoms with Gasteiger partial charge in [0.2, 0.25) is 0 Å². The number of nitrogens with one attached hydrogen (secondary N) is 2. The number of alkyl halides is 3. The fraction of sp³-hybridized carbons (Fsp3) is 0.522. The van der Waals surface area contributed by atoms with Crippen LogP contribution < -0.4 is 0 Å². The molecule has 139 heavy (non-hydrogen) atoms. The van der Waals surface area contributed by atoms with Crippen LogP contribution in [0.3, 0.4) is 0 Å². The second-order valence-corrected chi connectivity index (χ2v) is 58.0. The number of carbonyl (C=O) groups is 2. The Hall–Kier alpha value is -10.9.